The molecule has 2 heterocycles. The van der Waals surface area contributed by atoms with Crippen molar-refractivity contribution >= 4 is 17.2 Å². The van der Waals surface area contributed by atoms with Crippen molar-refractivity contribution < 1.29 is 0 Å². The Kier molecular flexibility index (Phi) is 3.35. The van der Waals surface area contributed by atoms with Crippen molar-refractivity contribution in [2.45, 2.75) is 27.3 Å². The van der Waals surface area contributed by atoms with Crippen molar-refractivity contribution in [2.24, 2.45) is 5.41 Å². The number of pyridine rings is 1. The molecule has 0 saturated heterocycles. The van der Waals surface area contributed by atoms with Gasteiger partial charge in [0.25, 0.3) is 0 Å². The van der Waals surface area contributed by atoms with Gasteiger partial charge in [0.15, 0.2) is 0 Å². The largest absolute Gasteiger partial charge is 0.384 e. The molecule has 0 amide bonds. The molecule has 0 saturated carbocycles. The minimum atomic E-state index is 0.0347. The molecule has 0 aliphatic heterocycles. The van der Waals surface area contributed by atoms with E-state index in [0.29, 0.717) is 6.54 Å². The highest BCUT2D eigenvalue weighted by Crippen LogP contribution is 2.24. The number of allylic oxidation sites excluding steroid dienone is 1. The van der Waals surface area contributed by atoms with Crippen LogP contribution in [-0.4, -0.2) is 9.38 Å². The average Bonchev–Trinajstić information content (AvgIpc) is 2.74. The number of rotatable bonds is 3. The molecule has 4 heteroatoms. The van der Waals surface area contributed by atoms with Crippen molar-refractivity contribution in [3.63, 3.8) is 0 Å². The molecule has 0 aliphatic carbocycles. The van der Waals surface area contributed by atoms with Crippen LogP contribution >= 0.6 is 11.6 Å². The lowest BCUT2D eigenvalue weighted by atomic mass is 9.93. The maximum atomic E-state index is 6.23. The molecular formula is C14H18ClN3. The molecule has 2 aromatic rings. The summed E-state index contributed by atoms with van der Waals surface area (Å²) >= 11 is 6.23. The Morgan fingerprint density at radius 3 is 2.83 bits per heavy atom. The monoisotopic (exact) mass is 263 g/mol. The van der Waals surface area contributed by atoms with Crippen molar-refractivity contribution in [3.8, 4) is 0 Å². The van der Waals surface area contributed by atoms with Gasteiger partial charge in [-0.05, 0) is 6.07 Å². The summed E-state index contributed by atoms with van der Waals surface area (Å²) in [6, 6.07) is 1.88. The summed E-state index contributed by atoms with van der Waals surface area (Å²) in [5.74, 6) is 0. The first-order chi connectivity index (χ1) is 8.39. The van der Waals surface area contributed by atoms with Crippen LogP contribution in [0.3, 0.4) is 0 Å². The van der Waals surface area contributed by atoms with E-state index in [1.807, 2.05) is 22.9 Å². The van der Waals surface area contributed by atoms with E-state index >= 15 is 0 Å². The molecule has 2 rings (SSSR count). The van der Waals surface area contributed by atoms with Crippen LogP contribution in [0.1, 0.15) is 26.3 Å². The van der Waals surface area contributed by atoms with Crippen LogP contribution < -0.4 is 5.32 Å². The van der Waals surface area contributed by atoms with Gasteiger partial charge in [0.1, 0.15) is 5.65 Å². The molecule has 3 nitrogen and oxygen atoms in total. The smallest absolute Gasteiger partial charge is 0.143 e. The maximum Gasteiger partial charge on any atom is 0.143 e. The van der Waals surface area contributed by atoms with E-state index in [9.17, 15) is 0 Å². The second-order valence-electron chi connectivity index (χ2n) is 5.38. The minimum absolute atomic E-state index is 0.0347. The quantitative estimate of drug-likeness (QED) is 0.916. The SMILES string of the molecule is C=C(NCc1c(Cl)ccn2ccnc12)C(C)(C)C. The summed E-state index contributed by atoms with van der Waals surface area (Å²) in [7, 11) is 0. The predicted molar refractivity (Wildman–Crippen MR) is 75.6 cm³/mol. The van der Waals surface area contributed by atoms with E-state index in [1.54, 1.807) is 6.20 Å². The number of nitrogens with zero attached hydrogens (tertiary/aromatic N) is 2. The number of hydrogen-bond acceptors (Lipinski definition) is 2. The third-order valence-electron chi connectivity index (χ3n) is 2.99. The van der Waals surface area contributed by atoms with Gasteiger partial charge in [0.05, 0.1) is 5.02 Å². The van der Waals surface area contributed by atoms with Gasteiger partial charge in [-0.2, -0.15) is 0 Å². The van der Waals surface area contributed by atoms with Crippen LogP contribution in [0.25, 0.3) is 5.65 Å². The zero-order valence-electron chi connectivity index (χ0n) is 11.0. The molecule has 0 spiro atoms. The highest BCUT2D eigenvalue weighted by Gasteiger charge is 2.15. The summed E-state index contributed by atoms with van der Waals surface area (Å²) in [6.45, 7) is 11.1. The fourth-order valence-corrected chi connectivity index (χ4v) is 1.85. The van der Waals surface area contributed by atoms with Gasteiger partial charge in [0.2, 0.25) is 0 Å². The lowest BCUT2D eigenvalue weighted by Crippen LogP contribution is -2.23. The number of halogens is 1. The van der Waals surface area contributed by atoms with Crippen LogP contribution in [-0.2, 0) is 6.54 Å². The summed E-state index contributed by atoms with van der Waals surface area (Å²) in [4.78, 5) is 4.33. The van der Waals surface area contributed by atoms with Crippen molar-refractivity contribution in [2.75, 3.05) is 0 Å². The summed E-state index contributed by atoms with van der Waals surface area (Å²) in [5.41, 5.74) is 2.91. The first-order valence-electron chi connectivity index (χ1n) is 5.93. The van der Waals surface area contributed by atoms with E-state index in [4.69, 9.17) is 11.6 Å². The zero-order valence-corrected chi connectivity index (χ0v) is 11.8. The summed E-state index contributed by atoms with van der Waals surface area (Å²) < 4.78 is 1.96. The Morgan fingerprint density at radius 2 is 2.17 bits per heavy atom. The molecule has 2 aromatic heterocycles. The van der Waals surface area contributed by atoms with Crippen molar-refractivity contribution in [3.05, 3.63) is 47.5 Å². The third-order valence-corrected chi connectivity index (χ3v) is 3.35. The number of imidazole rings is 1. The Hall–Kier alpha value is -1.48. The normalized spacial score (nSPS) is 11.8. The molecule has 0 atom stereocenters. The van der Waals surface area contributed by atoms with Gasteiger partial charge in [-0.3, -0.25) is 0 Å². The molecule has 0 aromatic carbocycles. The van der Waals surface area contributed by atoms with E-state index in [0.717, 1.165) is 21.9 Å². The molecule has 0 fully saturated rings. The van der Waals surface area contributed by atoms with E-state index < -0.39 is 0 Å². The minimum Gasteiger partial charge on any atom is -0.384 e. The highest BCUT2D eigenvalue weighted by atomic mass is 35.5. The average molecular weight is 264 g/mol. The lowest BCUT2D eigenvalue weighted by molar-refractivity contribution is 0.461. The van der Waals surface area contributed by atoms with Gasteiger partial charge < -0.3 is 9.72 Å². The molecule has 0 bridgehead atoms. The zero-order chi connectivity index (χ0) is 13.3. The number of aromatic nitrogens is 2. The summed E-state index contributed by atoms with van der Waals surface area (Å²) in [5, 5.41) is 4.05. The first kappa shape index (κ1) is 13.0. The Morgan fingerprint density at radius 1 is 1.44 bits per heavy atom. The number of fused-ring (bicyclic) bond motifs is 1. The van der Waals surface area contributed by atoms with Gasteiger partial charge >= 0.3 is 0 Å². The highest BCUT2D eigenvalue weighted by molar-refractivity contribution is 6.31. The molecule has 18 heavy (non-hydrogen) atoms. The van der Waals surface area contributed by atoms with Gasteiger partial charge in [0, 0.05) is 41.8 Å². The molecule has 0 radical (unpaired) electrons. The van der Waals surface area contributed by atoms with Gasteiger partial charge in [-0.15, -0.1) is 0 Å². The third kappa shape index (κ3) is 2.51. The van der Waals surface area contributed by atoms with Crippen molar-refractivity contribution in [1.82, 2.24) is 14.7 Å². The topological polar surface area (TPSA) is 29.3 Å². The van der Waals surface area contributed by atoms with Gasteiger partial charge in [-0.1, -0.05) is 39.0 Å². The standard InChI is InChI=1S/C14H18ClN3/c1-10(14(2,3)4)17-9-11-12(15)5-7-18-8-6-16-13(11)18/h5-8,17H,1,9H2,2-4H3. The van der Waals surface area contributed by atoms with E-state index in [2.05, 4.69) is 37.7 Å². The molecule has 96 valence electrons. The van der Waals surface area contributed by atoms with E-state index in [1.165, 1.54) is 0 Å². The molecule has 0 aliphatic rings. The Balaban J connectivity index is 2.24. The maximum absolute atomic E-state index is 6.23. The van der Waals surface area contributed by atoms with Crippen LogP contribution in [0.2, 0.25) is 5.02 Å². The van der Waals surface area contributed by atoms with Crippen molar-refractivity contribution in [1.29, 1.82) is 0 Å². The second-order valence-corrected chi connectivity index (χ2v) is 5.79. The van der Waals surface area contributed by atoms with Crippen LogP contribution in [0.15, 0.2) is 36.9 Å². The predicted octanol–water partition coefficient (Wildman–Crippen LogP) is 3.64. The molecule has 1 N–H and O–H groups in total. The van der Waals surface area contributed by atoms with Crippen LogP contribution in [0.4, 0.5) is 0 Å². The fraction of sp³-hybridized carbons (Fsp3) is 0.357. The first-order valence-corrected chi connectivity index (χ1v) is 6.30. The lowest BCUT2D eigenvalue weighted by Gasteiger charge is -2.23. The fourth-order valence-electron chi connectivity index (χ4n) is 1.64. The van der Waals surface area contributed by atoms with Crippen LogP contribution in [0.5, 0.6) is 0 Å². The summed E-state index contributed by atoms with van der Waals surface area (Å²) in [6.07, 6.45) is 5.59. The molecule has 0 unspecified atom stereocenters. The number of hydrogen-bond donors (Lipinski definition) is 1. The van der Waals surface area contributed by atoms with E-state index in [-0.39, 0.29) is 5.41 Å². The Labute approximate surface area is 112 Å². The second kappa shape index (κ2) is 4.65. The number of nitrogens with one attached hydrogen (secondary N) is 1. The van der Waals surface area contributed by atoms with Gasteiger partial charge in [-0.25, -0.2) is 4.98 Å². The Bertz CT molecular complexity index is 578. The molecular weight excluding hydrogens is 246 g/mol. The van der Waals surface area contributed by atoms with Crippen LogP contribution in [0, 0.1) is 5.41 Å².